The molecule has 3 rings (SSSR count). The first-order valence-electron chi connectivity index (χ1n) is 9.30. The van der Waals surface area contributed by atoms with Gasteiger partial charge < -0.3 is 10.6 Å². The first-order valence-corrected chi connectivity index (χ1v) is 10.3. The number of aromatic nitrogens is 3. The van der Waals surface area contributed by atoms with Gasteiger partial charge >= 0.3 is 0 Å². The quantitative estimate of drug-likeness (QED) is 0.712. The lowest BCUT2D eigenvalue weighted by Gasteiger charge is -2.21. The molecule has 7 nitrogen and oxygen atoms in total. The van der Waals surface area contributed by atoms with Crippen molar-refractivity contribution >= 4 is 23.6 Å². The molecule has 1 aliphatic rings. The van der Waals surface area contributed by atoms with E-state index < -0.39 is 0 Å². The van der Waals surface area contributed by atoms with Crippen LogP contribution < -0.4 is 10.6 Å². The molecule has 27 heavy (non-hydrogen) atoms. The zero-order valence-electron chi connectivity index (χ0n) is 15.5. The fourth-order valence-electron chi connectivity index (χ4n) is 3.20. The molecule has 144 valence electrons. The molecule has 1 fully saturated rings. The molecule has 1 heterocycles. The van der Waals surface area contributed by atoms with Gasteiger partial charge in [-0.15, -0.1) is 5.10 Å². The molecule has 0 atom stereocenters. The van der Waals surface area contributed by atoms with E-state index in [1.54, 1.807) is 0 Å². The summed E-state index contributed by atoms with van der Waals surface area (Å²) in [6.07, 6.45) is 5.97. The average Bonchev–Trinajstić information content (AvgIpc) is 3.16. The summed E-state index contributed by atoms with van der Waals surface area (Å²) in [5, 5.41) is 10.3. The lowest BCUT2D eigenvalue weighted by molar-refractivity contribution is -0.124. The van der Waals surface area contributed by atoms with Crippen molar-refractivity contribution in [1.29, 1.82) is 0 Å². The molecule has 0 radical (unpaired) electrons. The molecular formula is C19H25N5O2S. The smallest absolute Gasteiger partial charge is 0.239 e. The van der Waals surface area contributed by atoms with Gasteiger partial charge in [-0.25, -0.2) is 9.67 Å². The number of rotatable bonds is 7. The molecule has 0 unspecified atom stereocenters. The molecule has 8 heteroatoms. The third-order valence-corrected chi connectivity index (χ3v) is 5.48. The lowest BCUT2D eigenvalue weighted by Crippen LogP contribution is -2.36. The molecule has 0 spiro atoms. The van der Waals surface area contributed by atoms with Gasteiger partial charge in [-0.05, 0) is 25.0 Å². The number of benzene rings is 1. The van der Waals surface area contributed by atoms with Crippen LogP contribution in [0.2, 0.25) is 0 Å². The Kier molecular flexibility index (Phi) is 6.86. The summed E-state index contributed by atoms with van der Waals surface area (Å²) < 4.78 is 1.92. The number of hydrogen-bond acceptors (Lipinski definition) is 5. The Balaban J connectivity index is 1.71. The number of hydrogen-bond donors (Lipinski definition) is 2. The Labute approximate surface area is 163 Å². The van der Waals surface area contributed by atoms with Crippen LogP contribution in [-0.4, -0.2) is 45.9 Å². The van der Waals surface area contributed by atoms with Crippen molar-refractivity contribution in [3.63, 3.8) is 0 Å². The van der Waals surface area contributed by atoms with Gasteiger partial charge in [0.15, 0.2) is 0 Å². The minimum absolute atomic E-state index is 0.0187. The van der Waals surface area contributed by atoms with E-state index in [1.165, 1.54) is 38.1 Å². The predicted octanol–water partition coefficient (Wildman–Crippen LogP) is 2.27. The maximum absolute atomic E-state index is 11.9. The van der Waals surface area contributed by atoms with Crippen molar-refractivity contribution in [2.45, 2.75) is 43.2 Å². The third kappa shape index (κ3) is 5.32. The number of carbonyl (C=O) groups excluding carboxylic acids is 2. The van der Waals surface area contributed by atoms with E-state index in [0.717, 1.165) is 24.4 Å². The largest absolute Gasteiger partial charge is 0.358 e. The van der Waals surface area contributed by atoms with E-state index in [1.807, 2.05) is 35.0 Å². The first-order chi connectivity index (χ1) is 13.2. The highest BCUT2D eigenvalue weighted by atomic mass is 32.2. The van der Waals surface area contributed by atoms with Crippen LogP contribution in [0.3, 0.4) is 0 Å². The predicted molar refractivity (Wildman–Crippen MR) is 105 cm³/mol. The van der Waals surface area contributed by atoms with Crippen molar-refractivity contribution in [3.05, 3.63) is 36.2 Å². The third-order valence-electron chi connectivity index (χ3n) is 4.64. The molecule has 2 aromatic rings. The van der Waals surface area contributed by atoms with Crippen molar-refractivity contribution in [1.82, 2.24) is 25.4 Å². The van der Waals surface area contributed by atoms with Crippen LogP contribution in [0.5, 0.6) is 0 Å². The highest BCUT2D eigenvalue weighted by molar-refractivity contribution is 7.99. The van der Waals surface area contributed by atoms with Crippen LogP contribution in [0.4, 0.5) is 0 Å². The minimum atomic E-state index is -0.223. The van der Waals surface area contributed by atoms with Gasteiger partial charge in [0.05, 0.1) is 18.0 Å². The van der Waals surface area contributed by atoms with E-state index in [9.17, 15) is 9.59 Å². The van der Waals surface area contributed by atoms with Crippen LogP contribution in [-0.2, 0) is 9.59 Å². The second-order valence-corrected chi connectivity index (χ2v) is 7.52. The summed E-state index contributed by atoms with van der Waals surface area (Å²) in [6.45, 7) is -0.0187. The van der Waals surface area contributed by atoms with Crippen LogP contribution in [0, 0.1) is 0 Å². The molecule has 0 bridgehead atoms. The second kappa shape index (κ2) is 9.55. The van der Waals surface area contributed by atoms with Crippen molar-refractivity contribution in [2.75, 3.05) is 19.3 Å². The number of likely N-dealkylation sites (N-methyl/N-ethyl adjacent to an activating group) is 1. The molecule has 2 N–H and O–H groups in total. The number of para-hydroxylation sites is 1. The summed E-state index contributed by atoms with van der Waals surface area (Å²) in [6, 6.07) is 9.99. The number of carbonyl (C=O) groups is 2. The standard InChI is InChI=1S/C19H25N5O2S/c1-20-16(25)12-21-17(26)13-27-19-22-18(14-8-4-2-5-9-14)24(23-19)15-10-6-3-7-11-15/h3,6-7,10-11,14H,2,4-5,8-9,12-13H2,1H3,(H,20,25)(H,21,26). The van der Waals surface area contributed by atoms with Gasteiger partial charge in [0, 0.05) is 13.0 Å². The SMILES string of the molecule is CNC(=O)CNC(=O)CSc1nc(C2CCCCC2)n(-c2ccccc2)n1. The fourth-order valence-corrected chi connectivity index (χ4v) is 3.86. The zero-order valence-corrected chi connectivity index (χ0v) is 16.3. The average molecular weight is 388 g/mol. The van der Waals surface area contributed by atoms with Gasteiger partial charge in [-0.1, -0.05) is 49.2 Å². The number of amides is 2. The van der Waals surface area contributed by atoms with Crippen LogP contribution in [0.25, 0.3) is 5.69 Å². The van der Waals surface area contributed by atoms with E-state index in [4.69, 9.17) is 4.98 Å². The number of nitrogens with zero attached hydrogens (tertiary/aromatic N) is 3. The fraction of sp³-hybridized carbons (Fsp3) is 0.474. The summed E-state index contributed by atoms with van der Waals surface area (Å²) in [5.41, 5.74) is 0.987. The summed E-state index contributed by atoms with van der Waals surface area (Å²) in [5.74, 6) is 1.13. The Bertz CT molecular complexity index is 772. The van der Waals surface area contributed by atoms with Crippen molar-refractivity contribution in [3.8, 4) is 5.69 Å². The van der Waals surface area contributed by atoms with E-state index in [-0.39, 0.29) is 24.1 Å². The first kappa shape index (κ1) is 19.4. The van der Waals surface area contributed by atoms with E-state index in [2.05, 4.69) is 15.7 Å². The van der Waals surface area contributed by atoms with E-state index >= 15 is 0 Å². The Morgan fingerprint density at radius 2 is 1.89 bits per heavy atom. The summed E-state index contributed by atoms with van der Waals surface area (Å²) >= 11 is 1.29. The monoisotopic (exact) mass is 387 g/mol. The molecule has 0 saturated heterocycles. The minimum Gasteiger partial charge on any atom is -0.358 e. The van der Waals surface area contributed by atoms with Crippen LogP contribution in [0.1, 0.15) is 43.8 Å². The normalized spacial score (nSPS) is 14.7. The molecule has 0 aliphatic heterocycles. The van der Waals surface area contributed by atoms with Gasteiger partial charge in [0.2, 0.25) is 17.0 Å². The molecular weight excluding hydrogens is 362 g/mol. The van der Waals surface area contributed by atoms with Gasteiger partial charge in [-0.2, -0.15) is 0 Å². The molecule has 1 saturated carbocycles. The number of nitrogens with one attached hydrogen (secondary N) is 2. The molecule has 1 aromatic heterocycles. The summed E-state index contributed by atoms with van der Waals surface area (Å²) in [7, 11) is 1.54. The highest BCUT2D eigenvalue weighted by Gasteiger charge is 2.23. The topological polar surface area (TPSA) is 88.9 Å². The van der Waals surface area contributed by atoms with Crippen LogP contribution >= 0.6 is 11.8 Å². The highest BCUT2D eigenvalue weighted by Crippen LogP contribution is 2.33. The number of thioether (sulfide) groups is 1. The van der Waals surface area contributed by atoms with Crippen LogP contribution in [0.15, 0.2) is 35.5 Å². The second-order valence-electron chi connectivity index (χ2n) is 6.57. The Morgan fingerprint density at radius 1 is 1.15 bits per heavy atom. The Morgan fingerprint density at radius 3 is 2.59 bits per heavy atom. The summed E-state index contributed by atoms with van der Waals surface area (Å²) in [4.78, 5) is 27.9. The van der Waals surface area contributed by atoms with Crippen molar-refractivity contribution < 1.29 is 9.59 Å². The van der Waals surface area contributed by atoms with Gasteiger partial charge in [0.1, 0.15) is 5.82 Å². The molecule has 1 aliphatic carbocycles. The Hall–Kier alpha value is -2.35. The van der Waals surface area contributed by atoms with Gasteiger partial charge in [0.25, 0.3) is 0 Å². The zero-order chi connectivity index (χ0) is 19.1. The lowest BCUT2D eigenvalue weighted by atomic mass is 9.88. The molecule has 2 amide bonds. The maximum atomic E-state index is 11.9. The maximum Gasteiger partial charge on any atom is 0.239 e. The van der Waals surface area contributed by atoms with E-state index in [0.29, 0.717) is 11.1 Å². The van der Waals surface area contributed by atoms with Crippen molar-refractivity contribution in [2.24, 2.45) is 0 Å². The van der Waals surface area contributed by atoms with Gasteiger partial charge in [-0.3, -0.25) is 9.59 Å². The molecule has 1 aromatic carbocycles.